The molecule has 1 aromatic heterocycles. The van der Waals surface area contributed by atoms with Crippen LogP contribution in [0.3, 0.4) is 0 Å². The summed E-state index contributed by atoms with van der Waals surface area (Å²) in [6.45, 7) is 0. The molecule has 0 spiro atoms. The minimum absolute atomic E-state index is 0.734. The Labute approximate surface area is 156 Å². The van der Waals surface area contributed by atoms with Gasteiger partial charge in [0.2, 0.25) is 0 Å². The van der Waals surface area contributed by atoms with Crippen LogP contribution < -0.4 is 0 Å². The molecule has 2 heteroatoms. The molecule has 0 aliphatic rings. The molecular formula is C24H15ClO. The number of fused-ring (bicyclic) bond motifs is 3. The maximum Gasteiger partial charge on any atom is 0.142 e. The second-order valence-corrected chi connectivity index (χ2v) is 6.81. The molecule has 0 radical (unpaired) electrons. The van der Waals surface area contributed by atoms with E-state index in [0.717, 1.165) is 38.1 Å². The molecule has 5 aromatic rings. The molecule has 5 rings (SSSR count). The van der Waals surface area contributed by atoms with Gasteiger partial charge in [-0.25, -0.2) is 0 Å². The van der Waals surface area contributed by atoms with Crippen molar-refractivity contribution in [2.45, 2.75) is 0 Å². The van der Waals surface area contributed by atoms with Crippen molar-refractivity contribution in [3.05, 3.63) is 96.0 Å². The first-order valence-corrected chi connectivity index (χ1v) is 8.94. The van der Waals surface area contributed by atoms with Gasteiger partial charge in [-0.15, -0.1) is 0 Å². The van der Waals surface area contributed by atoms with Gasteiger partial charge in [0.1, 0.15) is 11.3 Å². The number of hydrogen-bond donors (Lipinski definition) is 0. The third kappa shape index (κ3) is 2.49. The molecule has 0 amide bonds. The molecule has 1 heterocycles. The fraction of sp³-hybridized carbons (Fsp3) is 0. The van der Waals surface area contributed by atoms with Gasteiger partial charge in [-0.2, -0.15) is 0 Å². The fourth-order valence-corrected chi connectivity index (χ4v) is 3.68. The Kier molecular flexibility index (Phi) is 3.55. The second kappa shape index (κ2) is 6.05. The molecule has 0 atom stereocenters. The van der Waals surface area contributed by atoms with Crippen molar-refractivity contribution in [3.63, 3.8) is 0 Å². The van der Waals surface area contributed by atoms with Crippen molar-refractivity contribution in [2.75, 3.05) is 0 Å². The third-order valence-electron chi connectivity index (χ3n) is 4.74. The lowest BCUT2D eigenvalue weighted by Crippen LogP contribution is -1.82. The number of benzene rings is 4. The van der Waals surface area contributed by atoms with Gasteiger partial charge in [0.25, 0.3) is 0 Å². The van der Waals surface area contributed by atoms with Crippen molar-refractivity contribution < 1.29 is 4.42 Å². The number of hydrogen-bond acceptors (Lipinski definition) is 1. The van der Waals surface area contributed by atoms with Crippen molar-refractivity contribution in [1.82, 2.24) is 0 Å². The molecule has 1 nitrogen and oxygen atoms in total. The molecule has 0 N–H and O–H groups in total. The van der Waals surface area contributed by atoms with E-state index in [9.17, 15) is 0 Å². The van der Waals surface area contributed by atoms with Gasteiger partial charge in [0, 0.05) is 21.4 Å². The zero-order valence-corrected chi connectivity index (χ0v) is 14.7. The predicted molar refractivity (Wildman–Crippen MR) is 110 cm³/mol. The molecule has 0 aliphatic carbocycles. The van der Waals surface area contributed by atoms with E-state index in [2.05, 4.69) is 60.7 Å². The summed E-state index contributed by atoms with van der Waals surface area (Å²) < 4.78 is 6.33. The van der Waals surface area contributed by atoms with Crippen molar-refractivity contribution >= 4 is 33.3 Å². The minimum Gasteiger partial charge on any atom is -0.455 e. The summed E-state index contributed by atoms with van der Waals surface area (Å²) in [7, 11) is 0. The van der Waals surface area contributed by atoms with E-state index in [1.165, 1.54) is 11.1 Å². The Balaban J connectivity index is 1.75. The highest BCUT2D eigenvalue weighted by Gasteiger charge is 2.13. The smallest absolute Gasteiger partial charge is 0.142 e. The van der Waals surface area contributed by atoms with Crippen molar-refractivity contribution in [1.29, 1.82) is 0 Å². The van der Waals surface area contributed by atoms with Crippen LogP contribution in [-0.2, 0) is 0 Å². The Morgan fingerprint density at radius 3 is 2.19 bits per heavy atom. The van der Waals surface area contributed by atoms with E-state index in [1.807, 2.05) is 30.3 Å². The minimum atomic E-state index is 0.734. The maximum absolute atomic E-state index is 6.33. The topological polar surface area (TPSA) is 13.1 Å². The summed E-state index contributed by atoms with van der Waals surface area (Å²) in [4.78, 5) is 0. The molecule has 4 aromatic carbocycles. The molecule has 0 saturated heterocycles. The first kappa shape index (κ1) is 15.2. The van der Waals surface area contributed by atoms with E-state index < -0.39 is 0 Å². The van der Waals surface area contributed by atoms with Crippen LogP contribution in [0.4, 0.5) is 0 Å². The van der Waals surface area contributed by atoms with Gasteiger partial charge in [-0.1, -0.05) is 78.3 Å². The SMILES string of the molecule is Clc1ccc2c(ccc3cc(-c4ccccc4-c4ccccc4)oc32)c1. The molecule has 0 fully saturated rings. The molecule has 0 aliphatic heterocycles. The Morgan fingerprint density at radius 2 is 1.35 bits per heavy atom. The van der Waals surface area contributed by atoms with Crippen LogP contribution in [0.2, 0.25) is 5.02 Å². The summed E-state index contributed by atoms with van der Waals surface area (Å²) in [5, 5.41) is 3.99. The lowest BCUT2D eigenvalue weighted by atomic mass is 9.98. The monoisotopic (exact) mass is 354 g/mol. The summed E-state index contributed by atoms with van der Waals surface area (Å²) in [5.41, 5.74) is 4.34. The van der Waals surface area contributed by atoms with Gasteiger partial charge in [0.15, 0.2) is 0 Å². The Morgan fingerprint density at radius 1 is 0.615 bits per heavy atom. The van der Waals surface area contributed by atoms with Crippen molar-refractivity contribution in [3.8, 4) is 22.5 Å². The van der Waals surface area contributed by atoms with E-state index in [0.29, 0.717) is 0 Å². The van der Waals surface area contributed by atoms with Gasteiger partial charge in [-0.05, 0) is 40.8 Å². The lowest BCUT2D eigenvalue weighted by Gasteiger charge is -2.07. The summed E-state index contributed by atoms with van der Waals surface area (Å²) >= 11 is 6.13. The van der Waals surface area contributed by atoms with Gasteiger partial charge >= 0.3 is 0 Å². The van der Waals surface area contributed by atoms with Crippen LogP contribution in [0.5, 0.6) is 0 Å². The Bertz CT molecular complexity index is 1240. The average Bonchev–Trinajstić information content (AvgIpc) is 3.13. The molecular weight excluding hydrogens is 340 g/mol. The van der Waals surface area contributed by atoms with Crippen LogP contribution in [0.15, 0.2) is 95.4 Å². The second-order valence-electron chi connectivity index (χ2n) is 6.37. The lowest BCUT2D eigenvalue weighted by molar-refractivity contribution is 0.635. The summed E-state index contributed by atoms with van der Waals surface area (Å²) in [5.74, 6) is 0.877. The standard InChI is InChI=1S/C24H15ClO/c25-19-12-13-21-17(14-19)10-11-18-15-23(26-24(18)21)22-9-5-4-8-20(22)16-6-2-1-3-7-16/h1-15H. The van der Waals surface area contributed by atoms with E-state index in [4.69, 9.17) is 16.0 Å². The van der Waals surface area contributed by atoms with Crippen LogP contribution in [0, 0.1) is 0 Å². The number of halogens is 1. The van der Waals surface area contributed by atoms with Crippen LogP contribution in [0.1, 0.15) is 0 Å². The van der Waals surface area contributed by atoms with Gasteiger partial charge in [-0.3, -0.25) is 0 Å². The van der Waals surface area contributed by atoms with Crippen LogP contribution in [0.25, 0.3) is 44.2 Å². The first-order chi connectivity index (χ1) is 12.8. The van der Waals surface area contributed by atoms with Gasteiger partial charge in [0.05, 0.1) is 0 Å². The maximum atomic E-state index is 6.33. The zero-order chi connectivity index (χ0) is 17.5. The van der Waals surface area contributed by atoms with E-state index in [-0.39, 0.29) is 0 Å². The van der Waals surface area contributed by atoms with E-state index in [1.54, 1.807) is 0 Å². The van der Waals surface area contributed by atoms with E-state index >= 15 is 0 Å². The highest BCUT2D eigenvalue weighted by Crippen LogP contribution is 2.37. The normalized spacial score (nSPS) is 11.3. The van der Waals surface area contributed by atoms with Crippen LogP contribution >= 0.6 is 11.6 Å². The molecule has 124 valence electrons. The fourth-order valence-electron chi connectivity index (χ4n) is 3.50. The summed E-state index contributed by atoms with van der Waals surface area (Å²) in [6, 6.07) is 30.9. The molecule has 26 heavy (non-hydrogen) atoms. The molecule has 0 unspecified atom stereocenters. The highest BCUT2D eigenvalue weighted by molar-refractivity contribution is 6.31. The largest absolute Gasteiger partial charge is 0.455 e. The average molecular weight is 355 g/mol. The van der Waals surface area contributed by atoms with Crippen LogP contribution in [-0.4, -0.2) is 0 Å². The first-order valence-electron chi connectivity index (χ1n) is 8.56. The molecule has 0 saturated carbocycles. The Hall–Kier alpha value is -3.03. The highest BCUT2D eigenvalue weighted by atomic mass is 35.5. The third-order valence-corrected chi connectivity index (χ3v) is 4.97. The summed E-state index contributed by atoms with van der Waals surface area (Å²) in [6.07, 6.45) is 0. The quantitative estimate of drug-likeness (QED) is 0.318. The zero-order valence-electron chi connectivity index (χ0n) is 13.9. The number of rotatable bonds is 2. The number of furan rings is 1. The molecule has 0 bridgehead atoms. The predicted octanol–water partition coefficient (Wildman–Crippen LogP) is 7.57. The van der Waals surface area contributed by atoms with Crippen molar-refractivity contribution in [2.24, 2.45) is 0 Å². The van der Waals surface area contributed by atoms with Gasteiger partial charge < -0.3 is 4.42 Å².